The third-order valence-electron chi connectivity index (χ3n) is 7.88. The van der Waals surface area contributed by atoms with Crippen LogP contribution >= 0.6 is 0 Å². The highest BCUT2D eigenvalue weighted by Gasteiger charge is 2.59. The molecule has 2 aromatic rings. The van der Waals surface area contributed by atoms with Crippen LogP contribution in [0.4, 0.5) is 24.7 Å². The van der Waals surface area contributed by atoms with Crippen molar-refractivity contribution in [1.29, 1.82) is 0 Å². The van der Waals surface area contributed by atoms with Crippen molar-refractivity contribution < 1.29 is 37.3 Å². The van der Waals surface area contributed by atoms with Gasteiger partial charge in [0.2, 0.25) is 5.88 Å². The van der Waals surface area contributed by atoms with E-state index in [2.05, 4.69) is 15.3 Å². The molecule has 1 amide bonds. The Morgan fingerprint density at radius 1 is 1.19 bits per heavy atom. The molecule has 42 heavy (non-hydrogen) atoms. The quantitative estimate of drug-likeness (QED) is 0.474. The van der Waals surface area contributed by atoms with Crippen LogP contribution in [0.3, 0.4) is 0 Å². The second-order valence-electron chi connectivity index (χ2n) is 12.0. The molecule has 0 aromatic carbocycles. The van der Waals surface area contributed by atoms with Gasteiger partial charge in [0.05, 0.1) is 30.4 Å². The van der Waals surface area contributed by atoms with Gasteiger partial charge in [-0.25, -0.2) is 14.8 Å². The number of ether oxygens (including phenoxy) is 2. The molecule has 2 saturated heterocycles. The molecule has 0 spiro atoms. The van der Waals surface area contributed by atoms with Crippen molar-refractivity contribution >= 4 is 23.4 Å². The number of aromatic nitrogens is 2. The number of anilines is 2. The van der Waals surface area contributed by atoms with Gasteiger partial charge in [0.1, 0.15) is 18.0 Å². The molecule has 2 fully saturated rings. The van der Waals surface area contributed by atoms with Crippen molar-refractivity contribution in [3.05, 3.63) is 41.7 Å². The number of rotatable bonds is 7. The molecule has 5 atom stereocenters. The topological polar surface area (TPSA) is 117 Å². The van der Waals surface area contributed by atoms with E-state index in [9.17, 15) is 27.9 Å². The molecular weight excluding hydrogens is 555 g/mol. The van der Waals surface area contributed by atoms with Gasteiger partial charge in [-0.3, -0.25) is 4.79 Å². The lowest BCUT2D eigenvalue weighted by molar-refractivity contribution is -0.159. The van der Waals surface area contributed by atoms with Crippen LogP contribution in [0, 0.1) is 11.3 Å². The normalized spacial score (nSPS) is 24.8. The van der Waals surface area contributed by atoms with Crippen molar-refractivity contribution in [1.82, 2.24) is 14.9 Å². The number of amides is 1. The summed E-state index contributed by atoms with van der Waals surface area (Å²) in [4.78, 5) is 38.8. The Hall–Kier alpha value is -3.61. The fourth-order valence-corrected chi connectivity index (χ4v) is 6.15. The van der Waals surface area contributed by atoms with Crippen molar-refractivity contribution in [3.8, 4) is 5.88 Å². The first-order valence-electron chi connectivity index (χ1n) is 13.8. The zero-order valence-corrected chi connectivity index (χ0v) is 24.6. The van der Waals surface area contributed by atoms with Gasteiger partial charge in [0.25, 0.3) is 5.91 Å². The Morgan fingerprint density at radius 2 is 1.90 bits per heavy atom. The lowest BCUT2D eigenvalue weighted by Crippen LogP contribution is -2.51. The van der Waals surface area contributed by atoms with Gasteiger partial charge >= 0.3 is 12.1 Å². The highest BCUT2D eigenvalue weighted by Crippen LogP contribution is 2.51. The first kappa shape index (κ1) is 31.3. The van der Waals surface area contributed by atoms with Gasteiger partial charge in [-0.15, -0.1) is 0 Å². The maximum atomic E-state index is 14.2. The molecule has 10 nitrogen and oxygen atoms in total. The molecule has 2 aromatic heterocycles. The van der Waals surface area contributed by atoms with E-state index in [1.807, 2.05) is 20.8 Å². The summed E-state index contributed by atoms with van der Waals surface area (Å²) in [6.45, 7) is 5.92. The largest absolute Gasteiger partial charge is 0.480 e. The maximum absolute atomic E-state index is 14.2. The average Bonchev–Trinajstić information content (AvgIpc) is 3.28. The summed E-state index contributed by atoms with van der Waals surface area (Å²) in [5.74, 6) is -2.08. The molecule has 4 heterocycles. The molecule has 13 heteroatoms. The number of alkyl halides is 3. The van der Waals surface area contributed by atoms with Gasteiger partial charge in [0.15, 0.2) is 0 Å². The second-order valence-corrected chi connectivity index (χ2v) is 12.0. The van der Waals surface area contributed by atoms with Crippen LogP contribution < -0.4 is 15.0 Å². The summed E-state index contributed by atoms with van der Waals surface area (Å²) in [5, 5.41) is 13.9. The minimum atomic E-state index is -4.68. The van der Waals surface area contributed by atoms with E-state index in [1.54, 1.807) is 37.3 Å². The van der Waals surface area contributed by atoms with Gasteiger partial charge in [-0.1, -0.05) is 26.8 Å². The number of aliphatic carboxylic acids is 1. The third kappa shape index (κ3) is 6.11. The molecule has 2 aliphatic rings. The van der Waals surface area contributed by atoms with Crippen LogP contribution in [-0.2, 0) is 20.5 Å². The number of carbonyl (C=O) groups is 2. The van der Waals surface area contributed by atoms with Crippen molar-refractivity contribution in [2.75, 3.05) is 38.0 Å². The Morgan fingerprint density at radius 3 is 2.45 bits per heavy atom. The van der Waals surface area contributed by atoms with Crippen LogP contribution in [-0.4, -0.2) is 77.9 Å². The minimum Gasteiger partial charge on any atom is -0.480 e. The molecule has 2 aliphatic heterocycles. The minimum absolute atomic E-state index is 0.0702. The molecule has 2 N–H and O–H groups in total. The standard InChI is InChI=1S/C29H38F3N5O5/c1-28(2,3)20-21(35-18-14-16(29(30,31)32)15-34-25(18)41-6)22(17-10-9-12-33-24(17)36(4)5)37(23(20)27(39)40)26(38)19-11-7-8-13-42-19/h9-10,12,14-15,19-23,35H,7-8,11,13H2,1-6H3,(H,39,40)/t19-,20+,21+,22+,23+/m1/s1. The Balaban J connectivity index is 1.98. The molecular formula is C29H38F3N5O5. The molecule has 230 valence electrons. The number of carbonyl (C=O) groups excluding carboxylic acids is 1. The van der Waals surface area contributed by atoms with E-state index in [1.165, 1.54) is 12.0 Å². The summed E-state index contributed by atoms with van der Waals surface area (Å²) in [6, 6.07) is 1.18. The number of halogens is 3. The number of hydrogen-bond acceptors (Lipinski definition) is 8. The summed E-state index contributed by atoms with van der Waals surface area (Å²) in [5.41, 5.74) is -1.26. The first-order valence-corrected chi connectivity index (χ1v) is 13.8. The van der Waals surface area contributed by atoms with Crippen molar-refractivity contribution in [2.24, 2.45) is 11.3 Å². The predicted octanol–water partition coefficient (Wildman–Crippen LogP) is 4.62. The second kappa shape index (κ2) is 11.9. The van der Waals surface area contributed by atoms with Crippen LogP contribution in [0.25, 0.3) is 0 Å². The highest BCUT2D eigenvalue weighted by molar-refractivity contribution is 5.89. The fraction of sp³-hybridized carbons (Fsp3) is 0.586. The summed E-state index contributed by atoms with van der Waals surface area (Å²) in [7, 11) is 4.83. The number of nitrogens with one attached hydrogen (secondary N) is 1. The van der Waals surface area contributed by atoms with Crippen LogP contribution in [0.15, 0.2) is 30.6 Å². The molecule has 0 bridgehead atoms. The maximum Gasteiger partial charge on any atom is 0.417 e. The molecule has 4 rings (SSSR count). The SMILES string of the molecule is COc1ncc(C(F)(F)F)cc1N[C@H]1[C@H](C(C)(C)C)[C@@H](C(=O)O)N(C(=O)[C@H]2CCCCO2)[C@H]1c1cccnc1N(C)C. The summed E-state index contributed by atoms with van der Waals surface area (Å²) in [6.07, 6.45) is -1.28. The molecule has 0 unspecified atom stereocenters. The zero-order chi connectivity index (χ0) is 31.0. The molecule has 0 radical (unpaired) electrons. The van der Waals surface area contributed by atoms with E-state index in [0.717, 1.165) is 18.9 Å². The lowest BCUT2D eigenvalue weighted by Gasteiger charge is -2.36. The van der Waals surface area contributed by atoms with E-state index >= 15 is 0 Å². The third-order valence-corrected chi connectivity index (χ3v) is 7.88. The number of nitrogens with zero attached hydrogens (tertiary/aromatic N) is 4. The summed E-state index contributed by atoms with van der Waals surface area (Å²) < 4.78 is 52.4. The number of pyridine rings is 2. The fourth-order valence-electron chi connectivity index (χ4n) is 6.15. The zero-order valence-electron chi connectivity index (χ0n) is 24.6. The van der Waals surface area contributed by atoms with Crippen LogP contribution in [0.1, 0.15) is 57.2 Å². The van der Waals surface area contributed by atoms with Crippen molar-refractivity contribution in [2.45, 2.75) is 70.4 Å². The van der Waals surface area contributed by atoms with E-state index in [-0.39, 0.29) is 11.6 Å². The number of hydrogen-bond donors (Lipinski definition) is 2. The molecule has 0 aliphatic carbocycles. The molecule has 0 saturated carbocycles. The average molecular weight is 594 g/mol. The van der Waals surface area contributed by atoms with Crippen molar-refractivity contribution in [3.63, 3.8) is 0 Å². The van der Waals surface area contributed by atoms with Gasteiger partial charge in [-0.2, -0.15) is 13.2 Å². The van der Waals surface area contributed by atoms with Crippen LogP contribution in [0.2, 0.25) is 0 Å². The Kier molecular flexibility index (Phi) is 8.91. The van der Waals surface area contributed by atoms with Gasteiger partial charge in [-0.05, 0) is 36.8 Å². The number of carboxylic acids is 1. The Labute approximate surface area is 243 Å². The van der Waals surface area contributed by atoms with E-state index < -0.39 is 59.2 Å². The van der Waals surface area contributed by atoms with Crippen LogP contribution in [0.5, 0.6) is 5.88 Å². The lowest BCUT2D eigenvalue weighted by atomic mass is 9.72. The van der Waals surface area contributed by atoms with Gasteiger partial charge < -0.3 is 29.7 Å². The first-order chi connectivity index (χ1) is 19.7. The van der Waals surface area contributed by atoms with E-state index in [0.29, 0.717) is 30.6 Å². The summed E-state index contributed by atoms with van der Waals surface area (Å²) >= 11 is 0. The number of methoxy groups -OCH3 is 1. The highest BCUT2D eigenvalue weighted by atomic mass is 19.4. The van der Waals surface area contributed by atoms with Gasteiger partial charge in [0, 0.05) is 44.6 Å². The Bertz CT molecular complexity index is 1290. The number of carboxylic acid groups (broad SMARTS) is 1. The smallest absolute Gasteiger partial charge is 0.417 e. The predicted molar refractivity (Wildman–Crippen MR) is 149 cm³/mol. The number of likely N-dealkylation sites (tertiary alicyclic amines) is 1. The van der Waals surface area contributed by atoms with E-state index in [4.69, 9.17) is 9.47 Å². The monoisotopic (exact) mass is 593 g/mol.